The number of carbonyl (C=O) groups is 3. The highest BCUT2D eigenvalue weighted by molar-refractivity contribution is 6.07. The summed E-state index contributed by atoms with van der Waals surface area (Å²) in [5.41, 5.74) is 3.40. The lowest BCUT2D eigenvalue weighted by atomic mass is 9.93. The Bertz CT molecular complexity index is 1360. The zero-order chi connectivity index (χ0) is 27.0. The van der Waals surface area contributed by atoms with Crippen LogP contribution in [0.3, 0.4) is 0 Å². The van der Waals surface area contributed by atoms with Crippen LogP contribution in [-0.2, 0) is 24.4 Å². The van der Waals surface area contributed by atoms with Crippen LogP contribution in [0.15, 0.2) is 54.9 Å². The summed E-state index contributed by atoms with van der Waals surface area (Å²) in [6, 6.07) is 15.9. The van der Waals surface area contributed by atoms with Gasteiger partial charge in [-0.05, 0) is 49.9 Å². The molecular weight excluding hydrogens is 480 g/mol. The number of aromatic nitrogens is 2. The fraction of sp³-hybridized carbons (Fsp3) is 0.379. The van der Waals surface area contributed by atoms with Crippen LogP contribution < -0.4 is 15.5 Å². The Morgan fingerprint density at radius 1 is 1.00 bits per heavy atom. The fourth-order valence-electron chi connectivity index (χ4n) is 4.98. The molecule has 1 aliphatic heterocycles. The van der Waals surface area contributed by atoms with Crippen molar-refractivity contribution in [1.82, 2.24) is 25.1 Å². The van der Waals surface area contributed by atoms with Crippen LogP contribution in [0, 0.1) is 6.92 Å². The Morgan fingerprint density at radius 2 is 1.61 bits per heavy atom. The van der Waals surface area contributed by atoms with E-state index in [0.717, 1.165) is 35.2 Å². The van der Waals surface area contributed by atoms with Gasteiger partial charge in [-0.25, -0.2) is 4.98 Å². The van der Waals surface area contributed by atoms with Crippen LogP contribution in [-0.4, -0.2) is 57.8 Å². The van der Waals surface area contributed by atoms with Crippen molar-refractivity contribution in [2.75, 3.05) is 19.0 Å². The van der Waals surface area contributed by atoms with Crippen LogP contribution in [0.2, 0.25) is 0 Å². The topological polar surface area (TPSA) is 99.6 Å². The average molecular weight is 515 g/mol. The van der Waals surface area contributed by atoms with Crippen LogP contribution in [0.25, 0.3) is 0 Å². The summed E-state index contributed by atoms with van der Waals surface area (Å²) < 4.78 is 1.65. The number of hydrogen-bond donors (Lipinski definition) is 2. The Hall–Kier alpha value is -4.14. The van der Waals surface area contributed by atoms with E-state index in [1.165, 1.54) is 6.33 Å². The normalized spacial score (nSPS) is 18.6. The molecule has 2 aliphatic rings. The van der Waals surface area contributed by atoms with Gasteiger partial charge in [-0.2, -0.15) is 0 Å². The summed E-state index contributed by atoms with van der Waals surface area (Å²) in [5.74, 6) is -0.957. The Morgan fingerprint density at radius 3 is 2.21 bits per heavy atom. The smallest absolute Gasteiger partial charge is 0.274 e. The summed E-state index contributed by atoms with van der Waals surface area (Å²) >= 11 is 0. The van der Waals surface area contributed by atoms with Gasteiger partial charge in [0.25, 0.3) is 11.8 Å². The summed E-state index contributed by atoms with van der Waals surface area (Å²) in [7, 11) is 3.94. The van der Waals surface area contributed by atoms with Gasteiger partial charge in [0.2, 0.25) is 5.91 Å². The lowest BCUT2D eigenvalue weighted by molar-refractivity contribution is -0.133. The molecule has 1 atom stereocenters. The third-order valence-corrected chi connectivity index (χ3v) is 7.36. The Labute approximate surface area is 222 Å². The van der Waals surface area contributed by atoms with Gasteiger partial charge in [-0.3, -0.25) is 14.4 Å². The largest absolute Gasteiger partial charge is 0.378 e. The van der Waals surface area contributed by atoms with Crippen LogP contribution in [0.5, 0.6) is 0 Å². The molecule has 5 rings (SSSR count). The maximum absolute atomic E-state index is 13.8. The number of imidazole rings is 1. The van der Waals surface area contributed by atoms with Crippen molar-refractivity contribution in [3.8, 4) is 0 Å². The molecule has 9 nitrogen and oxygen atoms in total. The first kappa shape index (κ1) is 25.5. The summed E-state index contributed by atoms with van der Waals surface area (Å²) in [4.78, 5) is 48.4. The van der Waals surface area contributed by atoms with E-state index in [0.29, 0.717) is 13.1 Å². The molecule has 1 saturated carbocycles. The van der Waals surface area contributed by atoms with E-state index in [1.54, 1.807) is 16.4 Å². The van der Waals surface area contributed by atoms with E-state index in [2.05, 4.69) is 15.6 Å². The van der Waals surface area contributed by atoms with E-state index in [-0.39, 0.29) is 35.8 Å². The monoisotopic (exact) mass is 514 g/mol. The molecule has 1 aliphatic carbocycles. The summed E-state index contributed by atoms with van der Waals surface area (Å²) in [6.07, 6.45) is 3.17. The molecular formula is C29H34N6O3. The number of aryl methyl sites for hydroxylation is 1. The molecule has 0 radical (unpaired) electrons. The first-order valence-corrected chi connectivity index (χ1v) is 12.9. The first-order chi connectivity index (χ1) is 18.2. The molecule has 0 saturated heterocycles. The molecule has 1 aromatic heterocycles. The fourth-order valence-corrected chi connectivity index (χ4v) is 4.98. The maximum Gasteiger partial charge on any atom is 0.274 e. The van der Waals surface area contributed by atoms with Gasteiger partial charge in [-0.15, -0.1) is 0 Å². The molecule has 38 heavy (non-hydrogen) atoms. The Balaban J connectivity index is 1.32. The number of hydrogen-bond acceptors (Lipinski definition) is 5. The molecule has 0 spiro atoms. The van der Waals surface area contributed by atoms with Crippen LogP contribution >= 0.6 is 0 Å². The number of carbonyl (C=O) groups excluding carboxylic acids is 3. The summed E-state index contributed by atoms with van der Waals surface area (Å²) in [6.45, 7) is 4.74. The standard InChI is InChI=1S/C29H34N6O3/c1-19-5-7-20(8-6-19)16-31-28(38)29(2)17-34-18-32-24(25(34)27(37)35(29)23-13-14-23)26(36)30-15-21-9-11-22(12-10-21)33(3)4/h5-12,18,23H,13-17H2,1-4H3,(H,30,36)(H,31,38)/t29-/m1/s1. The quantitative estimate of drug-likeness (QED) is 0.482. The number of nitrogens with zero attached hydrogens (tertiary/aromatic N) is 4. The van der Waals surface area contributed by atoms with Crippen molar-refractivity contribution in [3.05, 3.63) is 82.9 Å². The first-order valence-electron chi connectivity index (χ1n) is 12.9. The predicted molar refractivity (Wildman–Crippen MR) is 145 cm³/mol. The molecule has 3 amide bonds. The third-order valence-electron chi connectivity index (χ3n) is 7.36. The molecule has 0 unspecified atom stereocenters. The van der Waals surface area contributed by atoms with Gasteiger partial charge < -0.3 is 25.0 Å². The van der Waals surface area contributed by atoms with Crippen molar-refractivity contribution in [2.24, 2.45) is 0 Å². The van der Waals surface area contributed by atoms with Crippen LogP contribution in [0.1, 0.15) is 57.4 Å². The zero-order valence-corrected chi connectivity index (χ0v) is 22.3. The van der Waals surface area contributed by atoms with Gasteiger partial charge in [0.15, 0.2) is 5.69 Å². The second-order valence-electron chi connectivity index (χ2n) is 10.7. The highest BCUT2D eigenvalue weighted by Gasteiger charge is 2.53. The predicted octanol–water partition coefficient (Wildman–Crippen LogP) is 2.88. The number of benzene rings is 2. The van der Waals surface area contributed by atoms with Gasteiger partial charge in [0, 0.05) is 38.9 Å². The second kappa shape index (κ2) is 9.96. The van der Waals surface area contributed by atoms with E-state index < -0.39 is 11.4 Å². The summed E-state index contributed by atoms with van der Waals surface area (Å²) in [5, 5.41) is 5.91. The van der Waals surface area contributed by atoms with E-state index in [9.17, 15) is 14.4 Å². The lowest BCUT2D eigenvalue weighted by Crippen LogP contribution is -2.64. The molecule has 2 heterocycles. The van der Waals surface area contributed by atoms with Crippen molar-refractivity contribution >= 4 is 23.4 Å². The number of anilines is 1. The molecule has 9 heteroatoms. The number of nitrogens with one attached hydrogen (secondary N) is 2. The van der Waals surface area contributed by atoms with E-state index in [4.69, 9.17) is 0 Å². The van der Waals surface area contributed by atoms with Gasteiger partial charge in [0.1, 0.15) is 11.2 Å². The minimum absolute atomic E-state index is 0.0209. The molecule has 3 aromatic rings. The Kier molecular flexibility index (Phi) is 6.69. The molecule has 1 fully saturated rings. The van der Waals surface area contributed by atoms with Crippen molar-refractivity contribution in [1.29, 1.82) is 0 Å². The van der Waals surface area contributed by atoms with Crippen molar-refractivity contribution in [3.63, 3.8) is 0 Å². The number of amides is 3. The van der Waals surface area contributed by atoms with Gasteiger partial charge in [-0.1, -0.05) is 42.0 Å². The minimum atomic E-state index is -1.08. The molecule has 2 aromatic carbocycles. The third kappa shape index (κ3) is 4.88. The van der Waals surface area contributed by atoms with E-state index in [1.807, 2.05) is 74.4 Å². The highest BCUT2D eigenvalue weighted by Crippen LogP contribution is 2.38. The van der Waals surface area contributed by atoms with Gasteiger partial charge in [0.05, 0.1) is 12.9 Å². The number of fused-ring (bicyclic) bond motifs is 1. The van der Waals surface area contributed by atoms with E-state index >= 15 is 0 Å². The van der Waals surface area contributed by atoms with Crippen LogP contribution in [0.4, 0.5) is 5.69 Å². The minimum Gasteiger partial charge on any atom is -0.378 e. The maximum atomic E-state index is 13.8. The number of rotatable bonds is 8. The molecule has 0 bridgehead atoms. The zero-order valence-electron chi connectivity index (χ0n) is 22.3. The average Bonchev–Trinajstić information content (AvgIpc) is 3.64. The molecule has 2 N–H and O–H groups in total. The SMILES string of the molecule is Cc1ccc(CNC(=O)[C@@]2(C)Cn3cnc(C(=O)NCc4ccc(N(C)C)cc4)c3C(=O)N2C2CC2)cc1. The second-order valence-corrected chi connectivity index (χ2v) is 10.7. The molecule has 198 valence electrons. The van der Waals surface area contributed by atoms with Crippen molar-refractivity contribution in [2.45, 2.75) is 57.9 Å². The van der Waals surface area contributed by atoms with Gasteiger partial charge >= 0.3 is 0 Å². The highest BCUT2D eigenvalue weighted by atomic mass is 16.2. The van der Waals surface area contributed by atoms with Crippen molar-refractivity contribution < 1.29 is 14.4 Å². The lowest BCUT2D eigenvalue weighted by Gasteiger charge is -2.44.